The summed E-state index contributed by atoms with van der Waals surface area (Å²) < 4.78 is 5.66. The molecule has 1 heterocycles. The maximum atomic E-state index is 11.4. The highest BCUT2D eigenvalue weighted by molar-refractivity contribution is 5.91. The number of hydrogen-bond acceptors (Lipinski definition) is 2. The van der Waals surface area contributed by atoms with E-state index in [-0.39, 0.29) is 11.9 Å². The van der Waals surface area contributed by atoms with Crippen LogP contribution in [0.25, 0.3) is 0 Å². The second kappa shape index (κ2) is 3.89. The van der Waals surface area contributed by atoms with Crippen molar-refractivity contribution >= 4 is 5.78 Å². The first kappa shape index (κ1) is 9.97. The molecule has 2 heteroatoms. The van der Waals surface area contributed by atoms with Crippen LogP contribution in [0.2, 0.25) is 0 Å². The fourth-order valence-electron chi connectivity index (χ4n) is 1.89. The number of ketones is 1. The molecule has 1 aromatic carbocycles. The Balaban J connectivity index is 2.30. The van der Waals surface area contributed by atoms with Gasteiger partial charge in [-0.05, 0) is 25.0 Å². The molecule has 0 N–H and O–H groups in total. The van der Waals surface area contributed by atoms with Crippen molar-refractivity contribution in [2.24, 2.45) is 0 Å². The molecule has 0 aromatic heterocycles. The third-order valence-corrected chi connectivity index (χ3v) is 2.61. The second-order valence-electron chi connectivity index (χ2n) is 3.89. The summed E-state index contributed by atoms with van der Waals surface area (Å²) in [5, 5.41) is 0. The highest BCUT2D eigenvalue weighted by Crippen LogP contribution is 2.30. The van der Waals surface area contributed by atoms with Crippen LogP contribution in [-0.4, -0.2) is 5.78 Å². The van der Waals surface area contributed by atoms with Gasteiger partial charge in [0, 0.05) is 6.08 Å². The summed E-state index contributed by atoms with van der Waals surface area (Å²) in [4.78, 5) is 11.4. The zero-order chi connectivity index (χ0) is 10.8. The molecule has 0 bridgehead atoms. The predicted octanol–water partition coefficient (Wildman–Crippen LogP) is 2.93. The molecular weight excluding hydrogens is 188 g/mol. The number of aryl methyl sites for hydroxylation is 1. The monoisotopic (exact) mass is 202 g/mol. The van der Waals surface area contributed by atoms with Gasteiger partial charge in [0.15, 0.2) is 5.78 Å². The van der Waals surface area contributed by atoms with Crippen LogP contribution >= 0.6 is 0 Å². The molecule has 2 nitrogen and oxygen atoms in total. The van der Waals surface area contributed by atoms with Gasteiger partial charge >= 0.3 is 0 Å². The zero-order valence-electron chi connectivity index (χ0n) is 8.99. The van der Waals surface area contributed by atoms with Crippen LogP contribution in [-0.2, 0) is 9.53 Å². The van der Waals surface area contributed by atoms with Gasteiger partial charge in [0.05, 0.1) is 12.2 Å². The van der Waals surface area contributed by atoms with E-state index in [1.807, 2.05) is 38.1 Å². The maximum absolute atomic E-state index is 11.4. The van der Waals surface area contributed by atoms with Crippen LogP contribution in [0.4, 0.5) is 0 Å². The van der Waals surface area contributed by atoms with E-state index < -0.39 is 0 Å². The lowest BCUT2D eigenvalue weighted by molar-refractivity contribution is -0.118. The molecule has 0 spiro atoms. The van der Waals surface area contributed by atoms with Crippen molar-refractivity contribution in [3.63, 3.8) is 0 Å². The summed E-state index contributed by atoms with van der Waals surface area (Å²) in [5.41, 5.74) is 2.28. The van der Waals surface area contributed by atoms with Crippen LogP contribution in [0.1, 0.15) is 30.6 Å². The van der Waals surface area contributed by atoms with Crippen molar-refractivity contribution in [2.45, 2.75) is 26.4 Å². The molecule has 1 aromatic rings. The lowest BCUT2D eigenvalue weighted by atomic mass is 9.98. The predicted molar refractivity (Wildman–Crippen MR) is 58.4 cm³/mol. The first-order chi connectivity index (χ1) is 7.16. The van der Waals surface area contributed by atoms with Gasteiger partial charge in [-0.1, -0.05) is 24.3 Å². The molecule has 1 aliphatic rings. The number of carbonyl (C=O) groups is 1. The van der Waals surface area contributed by atoms with Gasteiger partial charge in [-0.2, -0.15) is 0 Å². The third kappa shape index (κ3) is 2.09. The van der Waals surface area contributed by atoms with Crippen LogP contribution in [0.5, 0.6) is 0 Å². The van der Waals surface area contributed by atoms with Gasteiger partial charge in [-0.15, -0.1) is 0 Å². The Morgan fingerprint density at radius 3 is 2.67 bits per heavy atom. The summed E-state index contributed by atoms with van der Waals surface area (Å²) in [6.07, 6.45) is 1.90. The molecule has 1 atom stereocenters. The minimum absolute atomic E-state index is 0.108. The molecule has 0 fully saturated rings. The summed E-state index contributed by atoms with van der Waals surface area (Å²) in [5.74, 6) is 0.853. The Labute approximate surface area is 89.6 Å². The van der Waals surface area contributed by atoms with Crippen LogP contribution in [0.3, 0.4) is 0 Å². The van der Waals surface area contributed by atoms with Crippen molar-refractivity contribution in [3.8, 4) is 0 Å². The standard InChI is InChI=1S/C13H14O2/c1-9-5-3-4-6-12(9)13-8-11(14)7-10(2)15-13/h3-7,13H,8H2,1-2H3. The van der Waals surface area contributed by atoms with Gasteiger partial charge in [0.25, 0.3) is 0 Å². The average molecular weight is 202 g/mol. The Morgan fingerprint density at radius 2 is 2.00 bits per heavy atom. The van der Waals surface area contributed by atoms with Crippen molar-refractivity contribution in [3.05, 3.63) is 47.2 Å². The second-order valence-corrected chi connectivity index (χ2v) is 3.89. The summed E-state index contributed by atoms with van der Waals surface area (Å²) in [6, 6.07) is 8.03. The molecule has 1 unspecified atom stereocenters. The van der Waals surface area contributed by atoms with Crippen LogP contribution < -0.4 is 0 Å². The van der Waals surface area contributed by atoms with E-state index in [0.717, 1.165) is 5.56 Å². The quantitative estimate of drug-likeness (QED) is 0.699. The van der Waals surface area contributed by atoms with E-state index in [1.165, 1.54) is 5.56 Å². The number of hydrogen-bond donors (Lipinski definition) is 0. The molecule has 15 heavy (non-hydrogen) atoms. The summed E-state index contributed by atoms with van der Waals surface area (Å²) in [7, 11) is 0. The lowest BCUT2D eigenvalue weighted by Crippen LogP contribution is -2.15. The van der Waals surface area contributed by atoms with Gasteiger partial charge in [0.1, 0.15) is 6.10 Å². The Kier molecular flexibility index (Phi) is 2.58. The Bertz CT molecular complexity index is 418. The first-order valence-electron chi connectivity index (χ1n) is 5.10. The van der Waals surface area contributed by atoms with E-state index in [2.05, 4.69) is 0 Å². The van der Waals surface area contributed by atoms with Gasteiger partial charge < -0.3 is 4.74 Å². The number of allylic oxidation sites excluding steroid dienone is 2. The largest absolute Gasteiger partial charge is 0.490 e. The first-order valence-corrected chi connectivity index (χ1v) is 5.10. The van der Waals surface area contributed by atoms with Crippen molar-refractivity contribution in [1.82, 2.24) is 0 Å². The zero-order valence-corrected chi connectivity index (χ0v) is 8.99. The smallest absolute Gasteiger partial charge is 0.163 e. The van der Waals surface area contributed by atoms with E-state index in [9.17, 15) is 4.79 Å². The fourth-order valence-corrected chi connectivity index (χ4v) is 1.89. The van der Waals surface area contributed by atoms with Gasteiger partial charge in [0.2, 0.25) is 0 Å². The SMILES string of the molecule is CC1=CC(=O)CC(c2ccccc2C)O1. The van der Waals surface area contributed by atoms with Crippen molar-refractivity contribution < 1.29 is 9.53 Å². The molecule has 2 rings (SSSR count). The molecule has 0 saturated heterocycles. The lowest BCUT2D eigenvalue weighted by Gasteiger charge is -2.23. The van der Waals surface area contributed by atoms with E-state index in [0.29, 0.717) is 12.2 Å². The van der Waals surface area contributed by atoms with Gasteiger partial charge in [-0.3, -0.25) is 4.79 Å². The Hall–Kier alpha value is -1.57. The summed E-state index contributed by atoms with van der Waals surface area (Å²) >= 11 is 0. The van der Waals surface area contributed by atoms with Gasteiger partial charge in [-0.25, -0.2) is 0 Å². The third-order valence-electron chi connectivity index (χ3n) is 2.61. The minimum Gasteiger partial charge on any atom is -0.490 e. The molecule has 0 saturated carbocycles. The minimum atomic E-state index is -0.108. The highest BCUT2D eigenvalue weighted by atomic mass is 16.5. The normalized spacial score (nSPS) is 20.8. The highest BCUT2D eigenvalue weighted by Gasteiger charge is 2.22. The van der Waals surface area contributed by atoms with Crippen LogP contribution in [0.15, 0.2) is 36.1 Å². The molecule has 0 aliphatic carbocycles. The van der Waals surface area contributed by atoms with Crippen LogP contribution in [0, 0.1) is 6.92 Å². The number of carbonyl (C=O) groups excluding carboxylic acids is 1. The maximum Gasteiger partial charge on any atom is 0.163 e. The average Bonchev–Trinajstić information content (AvgIpc) is 2.16. The molecule has 0 radical (unpaired) electrons. The number of benzene rings is 1. The van der Waals surface area contributed by atoms with E-state index in [1.54, 1.807) is 6.08 Å². The summed E-state index contributed by atoms with van der Waals surface area (Å²) in [6.45, 7) is 3.86. The molecule has 78 valence electrons. The number of ether oxygens (including phenoxy) is 1. The topological polar surface area (TPSA) is 26.3 Å². The van der Waals surface area contributed by atoms with E-state index >= 15 is 0 Å². The van der Waals surface area contributed by atoms with Crippen molar-refractivity contribution in [2.75, 3.05) is 0 Å². The number of rotatable bonds is 1. The van der Waals surface area contributed by atoms with E-state index in [4.69, 9.17) is 4.74 Å². The fraction of sp³-hybridized carbons (Fsp3) is 0.308. The van der Waals surface area contributed by atoms with Crippen molar-refractivity contribution in [1.29, 1.82) is 0 Å². The Morgan fingerprint density at radius 1 is 1.27 bits per heavy atom. The molecular formula is C13H14O2. The molecule has 0 amide bonds. The molecule has 1 aliphatic heterocycles.